The molecule has 0 radical (unpaired) electrons. The highest BCUT2D eigenvalue weighted by atomic mass is 35.5. The molecule has 1 aliphatic heterocycles. The number of nitrogens with one attached hydrogen (secondary N) is 5. The zero-order chi connectivity index (χ0) is 31.5. The van der Waals surface area contributed by atoms with Crippen molar-refractivity contribution in [1.82, 2.24) is 31.2 Å². The predicted molar refractivity (Wildman–Crippen MR) is 158 cm³/mol. The Morgan fingerprint density at radius 1 is 1.19 bits per heavy atom. The topological polar surface area (TPSA) is 157 Å². The maximum absolute atomic E-state index is 14.6. The summed E-state index contributed by atoms with van der Waals surface area (Å²) in [6.07, 6.45) is 2.67. The Labute approximate surface area is 252 Å². The van der Waals surface area contributed by atoms with E-state index in [-0.39, 0.29) is 23.7 Å². The number of likely N-dealkylation sites (N-methyl/N-ethyl adjacent to an activating group) is 1. The van der Waals surface area contributed by atoms with Crippen LogP contribution in [0.4, 0.5) is 20.3 Å². The van der Waals surface area contributed by atoms with Crippen molar-refractivity contribution in [3.63, 3.8) is 0 Å². The van der Waals surface area contributed by atoms with Crippen LogP contribution in [0.3, 0.4) is 0 Å². The standard InChI is InChI=1S/C29H34ClF2N7O4/c1-14(33-4)26(41)38-24(28(43)39-27(42)19-6-5-9-34-19)29(2,3)12-15-10-16-20(11-21(15)40)35-13-36-25(16)37-18-8-7-17(31)22(30)23(18)32/h7-8,10-11,13-14,19,24,33-34,40H,5-6,9,12H2,1-4H3,(H,38,41)(H,35,36,37)(H,39,42,43)/t14-,19-,24+/m0/s1. The Bertz CT molecular complexity index is 1550. The maximum Gasteiger partial charge on any atom is 0.249 e. The Morgan fingerprint density at radius 3 is 2.60 bits per heavy atom. The molecule has 1 saturated heterocycles. The van der Waals surface area contributed by atoms with Crippen molar-refractivity contribution in [1.29, 1.82) is 0 Å². The van der Waals surface area contributed by atoms with E-state index >= 15 is 0 Å². The number of hydrogen-bond donors (Lipinski definition) is 6. The molecule has 0 spiro atoms. The van der Waals surface area contributed by atoms with Crippen LogP contribution >= 0.6 is 11.6 Å². The van der Waals surface area contributed by atoms with E-state index in [0.717, 1.165) is 12.5 Å². The molecular weight excluding hydrogens is 584 g/mol. The van der Waals surface area contributed by atoms with E-state index in [2.05, 4.69) is 36.6 Å². The molecule has 3 aromatic rings. The minimum Gasteiger partial charge on any atom is -0.508 e. The van der Waals surface area contributed by atoms with E-state index in [4.69, 9.17) is 11.6 Å². The summed E-state index contributed by atoms with van der Waals surface area (Å²) in [5.41, 5.74) is -0.474. The second-order valence-electron chi connectivity index (χ2n) is 11.2. The molecule has 43 heavy (non-hydrogen) atoms. The average molecular weight is 618 g/mol. The lowest BCUT2D eigenvalue weighted by atomic mass is 9.77. The number of nitrogens with zero attached hydrogens (tertiary/aromatic N) is 2. The van der Waals surface area contributed by atoms with Crippen LogP contribution in [-0.4, -0.2) is 64.5 Å². The Kier molecular flexibility index (Phi) is 9.78. The predicted octanol–water partition coefficient (Wildman–Crippen LogP) is 3.07. The van der Waals surface area contributed by atoms with Gasteiger partial charge in [0.25, 0.3) is 0 Å². The van der Waals surface area contributed by atoms with Crippen LogP contribution in [0.1, 0.15) is 39.2 Å². The van der Waals surface area contributed by atoms with Crippen LogP contribution in [0.5, 0.6) is 5.75 Å². The Balaban J connectivity index is 1.67. The highest BCUT2D eigenvalue weighted by molar-refractivity contribution is 6.31. The summed E-state index contributed by atoms with van der Waals surface area (Å²) >= 11 is 5.73. The molecule has 11 nitrogen and oxygen atoms in total. The van der Waals surface area contributed by atoms with Crippen molar-refractivity contribution in [3.8, 4) is 5.75 Å². The van der Waals surface area contributed by atoms with Gasteiger partial charge in [-0.15, -0.1) is 0 Å². The first-order valence-corrected chi connectivity index (χ1v) is 14.1. The fourth-order valence-corrected chi connectivity index (χ4v) is 5.09. The fourth-order valence-electron chi connectivity index (χ4n) is 4.92. The van der Waals surface area contributed by atoms with Crippen LogP contribution in [0.2, 0.25) is 5.02 Å². The summed E-state index contributed by atoms with van der Waals surface area (Å²) < 4.78 is 28.3. The highest BCUT2D eigenvalue weighted by Gasteiger charge is 2.39. The molecular formula is C29H34ClF2N7O4. The van der Waals surface area contributed by atoms with Gasteiger partial charge in [0.15, 0.2) is 5.82 Å². The molecule has 6 N–H and O–H groups in total. The van der Waals surface area contributed by atoms with Crippen LogP contribution in [0, 0.1) is 17.0 Å². The molecule has 1 aromatic heterocycles. The quantitative estimate of drug-likeness (QED) is 0.188. The summed E-state index contributed by atoms with van der Waals surface area (Å²) in [4.78, 5) is 47.4. The molecule has 14 heteroatoms. The van der Waals surface area contributed by atoms with Crippen molar-refractivity contribution < 1.29 is 28.3 Å². The third kappa shape index (κ3) is 7.17. The summed E-state index contributed by atoms with van der Waals surface area (Å²) in [7, 11) is 1.60. The molecule has 3 atom stereocenters. The Morgan fingerprint density at radius 2 is 1.93 bits per heavy atom. The highest BCUT2D eigenvalue weighted by Crippen LogP contribution is 2.36. The lowest BCUT2D eigenvalue weighted by Crippen LogP contribution is -2.59. The molecule has 3 amide bonds. The number of benzene rings is 2. The number of fused-ring (bicyclic) bond motifs is 1. The number of phenolic OH excluding ortho intramolecular Hbond substituents is 1. The number of anilines is 2. The number of phenols is 1. The Hall–Kier alpha value is -3.94. The molecule has 0 saturated carbocycles. The fraction of sp³-hybridized carbons (Fsp3) is 0.414. The first-order valence-electron chi connectivity index (χ1n) is 13.7. The van der Waals surface area contributed by atoms with Crippen LogP contribution in [0.25, 0.3) is 10.9 Å². The van der Waals surface area contributed by atoms with Gasteiger partial charge >= 0.3 is 0 Å². The van der Waals surface area contributed by atoms with E-state index in [1.165, 1.54) is 18.5 Å². The third-order valence-electron chi connectivity index (χ3n) is 7.55. The third-order valence-corrected chi connectivity index (χ3v) is 7.90. The van der Waals surface area contributed by atoms with Crippen molar-refractivity contribution in [2.45, 2.75) is 58.2 Å². The zero-order valence-corrected chi connectivity index (χ0v) is 24.9. The minimum absolute atomic E-state index is 0.0576. The summed E-state index contributed by atoms with van der Waals surface area (Å²) in [6, 6.07) is 2.87. The molecule has 0 bridgehead atoms. The van der Waals surface area contributed by atoms with Crippen LogP contribution < -0.4 is 26.6 Å². The number of imide groups is 1. The van der Waals surface area contributed by atoms with Gasteiger partial charge in [0.1, 0.15) is 34.8 Å². The lowest BCUT2D eigenvalue weighted by Gasteiger charge is -2.35. The summed E-state index contributed by atoms with van der Waals surface area (Å²) in [5.74, 6) is -3.51. The number of rotatable bonds is 10. The van der Waals surface area contributed by atoms with Gasteiger partial charge < -0.3 is 26.4 Å². The van der Waals surface area contributed by atoms with Crippen LogP contribution in [0.15, 0.2) is 30.6 Å². The molecule has 1 fully saturated rings. The molecule has 1 aliphatic rings. The second kappa shape index (κ2) is 13.1. The zero-order valence-electron chi connectivity index (χ0n) is 24.1. The van der Waals surface area contributed by atoms with E-state index in [1.54, 1.807) is 33.9 Å². The minimum atomic E-state index is -1.17. The van der Waals surface area contributed by atoms with Gasteiger partial charge in [-0.2, -0.15) is 0 Å². The number of carbonyl (C=O) groups excluding carboxylic acids is 3. The molecule has 2 heterocycles. The number of amides is 3. The van der Waals surface area contributed by atoms with Crippen molar-refractivity contribution in [3.05, 3.63) is 52.8 Å². The summed E-state index contributed by atoms with van der Waals surface area (Å²) in [5, 5.41) is 24.5. The number of halogens is 3. The SMILES string of the molecule is CN[C@@H](C)C(=O)N[C@H](C(=O)NC(=O)[C@@H]1CCCN1)C(C)(C)Cc1cc2c(Nc3ccc(F)c(Cl)c3F)ncnc2cc1O. The van der Waals surface area contributed by atoms with Crippen molar-refractivity contribution >= 4 is 51.7 Å². The molecule has 2 aromatic carbocycles. The maximum atomic E-state index is 14.6. The van der Waals surface area contributed by atoms with E-state index < -0.39 is 57.9 Å². The van der Waals surface area contributed by atoms with Gasteiger partial charge in [0.2, 0.25) is 17.7 Å². The van der Waals surface area contributed by atoms with E-state index in [9.17, 15) is 28.3 Å². The second-order valence-corrected chi connectivity index (χ2v) is 11.6. The van der Waals surface area contributed by atoms with Crippen molar-refractivity contribution in [2.24, 2.45) is 5.41 Å². The average Bonchev–Trinajstić information content (AvgIpc) is 3.51. The largest absolute Gasteiger partial charge is 0.508 e. The van der Waals surface area contributed by atoms with Gasteiger partial charge in [0, 0.05) is 11.5 Å². The molecule has 230 valence electrons. The first kappa shape index (κ1) is 32.0. The van der Waals surface area contributed by atoms with Crippen LogP contribution in [-0.2, 0) is 20.8 Å². The normalized spacial score (nSPS) is 16.5. The number of carbonyl (C=O) groups is 3. The summed E-state index contributed by atoms with van der Waals surface area (Å²) in [6.45, 7) is 5.74. The van der Waals surface area contributed by atoms with E-state index in [0.29, 0.717) is 29.4 Å². The molecule has 0 aliphatic carbocycles. The lowest BCUT2D eigenvalue weighted by molar-refractivity contribution is -0.137. The smallest absolute Gasteiger partial charge is 0.249 e. The van der Waals surface area contributed by atoms with Gasteiger partial charge in [0.05, 0.1) is 23.3 Å². The van der Waals surface area contributed by atoms with E-state index in [1.807, 2.05) is 0 Å². The monoisotopic (exact) mass is 617 g/mol. The van der Waals surface area contributed by atoms with Gasteiger partial charge in [-0.25, -0.2) is 18.7 Å². The molecule has 4 rings (SSSR count). The number of hydrogen-bond acceptors (Lipinski definition) is 9. The van der Waals surface area contributed by atoms with Gasteiger partial charge in [-0.05, 0) is 69.0 Å². The number of aromatic nitrogens is 2. The van der Waals surface area contributed by atoms with Crippen molar-refractivity contribution in [2.75, 3.05) is 18.9 Å². The van der Waals surface area contributed by atoms with Gasteiger partial charge in [-0.1, -0.05) is 25.4 Å². The van der Waals surface area contributed by atoms with Gasteiger partial charge in [-0.3, -0.25) is 19.7 Å². The first-order chi connectivity index (χ1) is 20.3. The number of aromatic hydroxyl groups is 1. The molecule has 0 unspecified atom stereocenters.